The molecule has 0 radical (unpaired) electrons. The number of nitrogens with zero attached hydrogens (tertiary/aromatic N) is 2. The molecule has 5 rings (SSSR count). The molecule has 1 aliphatic heterocycles. The number of nitriles is 1. The third-order valence-corrected chi connectivity index (χ3v) is 5.61. The topological polar surface area (TPSA) is 59.9 Å². The van der Waals surface area contributed by atoms with Gasteiger partial charge in [0.2, 0.25) is 0 Å². The average Bonchev–Trinajstić information content (AvgIpc) is 3.16. The smallest absolute Gasteiger partial charge is 0.254 e. The molecule has 0 unspecified atom stereocenters. The van der Waals surface area contributed by atoms with Crippen molar-refractivity contribution in [3.05, 3.63) is 95.2 Å². The van der Waals surface area contributed by atoms with Crippen LogP contribution in [-0.2, 0) is 13.0 Å². The summed E-state index contributed by atoms with van der Waals surface area (Å²) in [5.41, 5.74) is 6.96. The molecule has 1 aromatic heterocycles. The standard InChI is InChI=1S/C25H19N3O/c26-15-17-5-4-8-19(13-17)20-9-10-23-21(14-20)22-16-28(12-11-24(22)27-23)25(29)18-6-2-1-3-7-18/h1-10,13-14,27H,11-12,16H2. The molecular weight excluding hydrogens is 358 g/mol. The van der Waals surface area contributed by atoms with Crippen LogP contribution in [0.25, 0.3) is 22.0 Å². The van der Waals surface area contributed by atoms with Crippen LogP contribution in [0.1, 0.15) is 27.2 Å². The molecule has 29 heavy (non-hydrogen) atoms. The van der Waals surface area contributed by atoms with Crippen LogP contribution in [-0.4, -0.2) is 22.3 Å². The highest BCUT2D eigenvalue weighted by molar-refractivity contribution is 5.95. The molecule has 140 valence electrons. The fraction of sp³-hybridized carbons (Fsp3) is 0.120. The minimum absolute atomic E-state index is 0.0727. The van der Waals surface area contributed by atoms with Crippen LogP contribution in [0.3, 0.4) is 0 Å². The van der Waals surface area contributed by atoms with Crippen molar-refractivity contribution in [3.63, 3.8) is 0 Å². The highest BCUT2D eigenvalue weighted by atomic mass is 16.2. The minimum atomic E-state index is 0.0727. The van der Waals surface area contributed by atoms with E-state index in [1.54, 1.807) is 0 Å². The van der Waals surface area contributed by atoms with E-state index in [9.17, 15) is 10.1 Å². The van der Waals surface area contributed by atoms with E-state index in [0.29, 0.717) is 18.7 Å². The first-order chi connectivity index (χ1) is 14.2. The van der Waals surface area contributed by atoms with Crippen LogP contribution in [0.4, 0.5) is 0 Å². The van der Waals surface area contributed by atoms with Crippen LogP contribution in [0.5, 0.6) is 0 Å². The Morgan fingerprint density at radius 3 is 2.62 bits per heavy atom. The Kier molecular flexibility index (Phi) is 4.14. The summed E-state index contributed by atoms with van der Waals surface area (Å²) in [4.78, 5) is 18.4. The summed E-state index contributed by atoms with van der Waals surface area (Å²) in [6.07, 6.45) is 0.821. The van der Waals surface area contributed by atoms with E-state index >= 15 is 0 Å². The second-order valence-electron chi connectivity index (χ2n) is 7.38. The number of carbonyl (C=O) groups excluding carboxylic acids is 1. The van der Waals surface area contributed by atoms with Crippen LogP contribution >= 0.6 is 0 Å². The van der Waals surface area contributed by atoms with Crippen molar-refractivity contribution in [1.29, 1.82) is 5.26 Å². The molecule has 2 heterocycles. The number of fused-ring (bicyclic) bond motifs is 3. The van der Waals surface area contributed by atoms with Crippen molar-refractivity contribution in [1.82, 2.24) is 9.88 Å². The van der Waals surface area contributed by atoms with E-state index in [0.717, 1.165) is 34.0 Å². The highest BCUT2D eigenvalue weighted by Crippen LogP contribution is 2.32. The highest BCUT2D eigenvalue weighted by Gasteiger charge is 2.24. The zero-order valence-corrected chi connectivity index (χ0v) is 15.9. The first-order valence-corrected chi connectivity index (χ1v) is 9.71. The third kappa shape index (κ3) is 3.07. The Bertz CT molecular complexity index is 1260. The summed E-state index contributed by atoms with van der Waals surface area (Å²) >= 11 is 0. The van der Waals surface area contributed by atoms with Crippen molar-refractivity contribution in [2.75, 3.05) is 6.54 Å². The van der Waals surface area contributed by atoms with Gasteiger partial charge < -0.3 is 9.88 Å². The van der Waals surface area contributed by atoms with Crippen molar-refractivity contribution in [3.8, 4) is 17.2 Å². The van der Waals surface area contributed by atoms with Gasteiger partial charge >= 0.3 is 0 Å². The van der Waals surface area contributed by atoms with Gasteiger partial charge in [-0.2, -0.15) is 5.26 Å². The van der Waals surface area contributed by atoms with E-state index in [1.165, 1.54) is 11.3 Å². The molecule has 1 aliphatic rings. The van der Waals surface area contributed by atoms with E-state index < -0.39 is 0 Å². The Balaban J connectivity index is 1.52. The van der Waals surface area contributed by atoms with Gasteiger partial charge in [0.15, 0.2) is 0 Å². The van der Waals surface area contributed by atoms with Crippen LogP contribution in [0.2, 0.25) is 0 Å². The van der Waals surface area contributed by atoms with Crippen LogP contribution in [0.15, 0.2) is 72.8 Å². The molecule has 4 heteroatoms. The number of aromatic nitrogens is 1. The SMILES string of the molecule is N#Cc1cccc(-c2ccc3[nH]c4c(c3c2)CN(C(=O)c2ccccc2)CC4)c1. The van der Waals surface area contributed by atoms with Crippen molar-refractivity contribution < 1.29 is 4.79 Å². The maximum atomic E-state index is 12.9. The molecule has 0 atom stereocenters. The van der Waals surface area contributed by atoms with E-state index in [1.807, 2.05) is 59.5 Å². The minimum Gasteiger partial charge on any atom is -0.358 e. The summed E-state index contributed by atoms with van der Waals surface area (Å²) < 4.78 is 0. The number of rotatable bonds is 2. The number of benzene rings is 3. The van der Waals surface area contributed by atoms with Gasteiger partial charge in [0.1, 0.15) is 0 Å². The lowest BCUT2D eigenvalue weighted by atomic mass is 9.98. The number of amides is 1. The van der Waals surface area contributed by atoms with E-state index in [-0.39, 0.29) is 5.91 Å². The summed E-state index contributed by atoms with van der Waals surface area (Å²) in [5, 5.41) is 10.3. The molecule has 4 aromatic rings. The number of hydrogen-bond acceptors (Lipinski definition) is 2. The monoisotopic (exact) mass is 377 g/mol. The number of aromatic amines is 1. The quantitative estimate of drug-likeness (QED) is 0.540. The molecule has 0 saturated heterocycles. The lowest BCUT2D eigenvalue weighted by Gasteiger charge is -2.27. The number of hydrogen-bond donors (Lipinski definition) is 1. The maximum Gasteiger partial charge on any atom is 0.254 e. The van der Waals surface area contributed by atoms with Crippen LogP contribution in [0, 0.1) is 11.3 Å². The van der Waals surface area contributed by atoms with Crippen molar-refractivity contribution >= 4 is 16.8 Å². The van der Waals surface area contributed by atoms with Gasteiger partial charge in [-0.25, -0.2) is 0 Å². The Morgan fingerprint density at radius 1 is 0.966 bits per heavy atom. The molecular formula is C25H19N3O. The Hall–Kier alpha value is -3.84. The summed E-state index contributed by atoms with van der Waals surface area (Å²) in [6, 6.07) is 25.6. The predicted molar refractivity (Wildman–Crippen MR) is 113 cm³/mol. The zero-order valence-electron chi connectivity index (χ0n) is 15.9. The van der Waals surface area contributed by atoms with Gasteiger partial charge in [0.05, 0.1) is 11.6 Å². The van der Waals surface area contributed by atoms with Gasteiger partial charge in [-0.05, 0) is 47.5 Å². The summed E-state index contributed by atoms with van der Waals surface area (Å²) in [7, 11) is 0. The summed E-state index contributed by atoms with van der Waals surface area (Å²) in [5.74, 6) is 0.0727. The van der Waals surface area contributed by atoms with E-state index in [4.69, 9.17) is 0 Å². The molecule has 4 nitrogen and oxygen atoms in total. The second-order valence-corrected chi connectivity index (χ2v) is 7.38. The molecule has 1 amide bonds. The van der Waals surface area contributed by atoms with Gasteiger partial charge in [0.25, 0.3) is 5.91 Å². The molecule has 0 fully saturated rings. The largest absolute Gasteiger partial charge is 0.358 e. The molecule has 3 aromatic carbocycles. The first kappa shape index (κ1) is 17.3. The molecule has 0 aliphatic carbocycles. The van der Waals surface area contributed by atoms with Gasteiger partial charge in [-0.15, -0.1) is 0 Å². The normalized spacial score (nSPS) is 13.1. The zero-order chi connectivity index (χ0) is 19.8. The lowest BCUT2D eigenvalue weighted by molar-refractivity contribution is 0.0735. The average molecular weight is 377 g/mol. The van der Waals surface area contributed by atoms with Crippen molar-refractivity contribution in [2.24, 2.45) is 0 Å². The fourth-order valence-electron chi connectivity index (χ4n) is 4.10. The Labute approximate surface area is 169 Å². The number of nitrogens with one attached hydrogen (secondary N) is 1. The molecule has 0 saturated carbocycles. The molecule has 0 spiro atoms. The second kappa shape index (κ2) is 6.96. The van der Waals surface area contributed by atoms with Crippen molar-refractivity contribution in [2.45, 2.75) is 13.0 Å². The fourth-order valence-corrected chi connectivity index (χ4v) is 4.10. The molecule has 1 N–H and O–H groups in total. The first-order valence-electron chi connectivity index (χ1n) is 9.71. The maximum absolute atomic E-state index is 12.9. The van der Waals surface area contributed by atoms with Gasteiger partial charge in [0, 0.05) is 47.2 Å². The number of H-pyrrole nitrogens is 1. The Morgan fingerprint density at radius 2 is 1.79 bits per heavy atom. The molecule has 0 bridgehead atoms. The predicted octanol–water partition coefficient (Wildman–Crippen LogP) is 4.91. The van der Waals surface area contributed by atoms with Gasteiger partial charge in [-0.1, -0.05) is 36.4 Å². The number of carbonyl (C=O) groups is 1. The third-order valence-electron chi connectivity index (χ3n) is 5.61. The van der Waals surface area contributed by atoms with Crippen LogP contribution < -0.4 is 0 Å². The summed E-state index contributed by atoms with van der Waals surface area (Å²) in [6.45, 7) is 1.31. The van der Waals surface area contributed by atoms with E-state index in [2.05, 4.69) is 29.3 Å². The lowest BCUT2D eigenvalue weighted by Crippen LogP contribution is -2.35. The van der Waals surface area contributed by atoms with Gasteiger partial charge in [-0.3, -0.25) is 4.79 Å².